The minimum Gasteiger partial charge on any atom is -0.489 e. The molecule has 1 aliphatic rings. The van der Waals surface area contributed by atoms with Gasteiger partial charge in [0.05, 0.1) is 18.8 Å². The zero-order chi connectivity index (χ0) is 13.3. The Morgan fingerprint density at radius 2 is 2.06 bits per heavy atom. The number of carbonyl (C=O) groups excluding carboxylic acids is 1. The van der Waals surface area contributed by atoms with Gasteiger partial charge in [-0.3, -0.25) is 0 Å². The van der Waals surface area contributed by atoms with Crippen molar-refractivity contribution >= 4 is 25.7 Å². The van der Waals surface area contributed by atoms with Crippen LogP contribution in [-0.4, -0.2) is 27.6 Å². The van der Waals surface area contributed by atoms with E-state index in [2.05, 4.69) is 4.74 Å². The van der Waals surface area contributed by atoms with E-state index in [1.54, 1.807) is 0 Å². The fourth-order valence-corrected chi connectivity index (χ4v) is 2.39. The molecule has 1 aromatic rings. The highest BCUT2D eigenvalue weighted by Gasteiger charge is 2.27. The standard InChI is InChI=1S/C11H11ClO5S/c1-16-11(13)7-2-5-9(17-8-3-4-8)10(6-7)18(12,14)15/h2,5-6,8H,3-4H2,1H3. The lowest BCUT2D eigenvalue weighted by Gasteiger charge is -2.09. The van der Waals surface area contributed by atoms with Gasteiger partial charge in [-0.05, 0) is 31.0 Å². The van der Waals surface area contributed by atoms with Crippen LogP contribution in [0.15, 0.2) is 23.1 Å². The van der Waals surface area contributed by atoms with Crippen molar-refractivity contribution in [2.24, 2.45) is 0 Å². The average molecular weight is 291 g/mol. The van der Waals surface area contributed by atoms with Crippen LogP contribution >= 0.6 is 10.7 Å². The molecule has 0 atom stereocenters. The van der Waals surface area contributed by atoms with E-state index in [9.17, 15) is 13.2 Å². The number of carbonyl (C=O) groups is 1. The third-order valence-electron chi connectivity index (χ3n) is 2.45. The van der Waals surface area contributed by atoms with Crippen molar-refractivity contribution in [1.29, 1.82) is 0 Å². The molecule has 1 aromatic carbocycles. The molecule has 1 fully saturated rings. The highest BCUT2D eigenvalue weighted by molar-refractivity contribution is 8.13. The van der Waals surface area contributed by atoms with E-state index in [1.165, 1.54) is 19.2 Å². The highest BCUT2D eigenvalue weighted by atomic mass is 35.7. The third kappa shape index (κ3) is 2.94. The van der Waals surface area contributed by atoms with Gasteiger partial charge in [0.25, 0.3) is 9.05 Å². The summed E-state index contributed by atoms with van der Waals surface area (Å²) < 4.78 is 32.9. The molecular formula is C11H11ClO5S. The van der Waals surface area contributed by atoms with E-state index in [4.69, 9.17) is 15.4 Å². The van der Waals surface area contributed by atoms with Gasteiger partial charge in [-0.1, -0.05) is 0 Å². The summed E-state index contributed by atoms with van der Waals surface area (Å²) in [5.41, 5.74) is 0.111. The molecule has 2 rings (SSSR count). The van der Waals surface area contributed by atoms with Crippen LogP contribution < -0.4 is 4.74 Å². The summed E-state index contributed by atoms with van der Waals surface area (Å²) in [5, 5.41) is 0. The van der Waals surface area contributed by atoms with Gasteiger partial charge in [-0.25, -0.2) is 13.2 Å². The molecule has 1 aliphatic carbocycles. The molecule has 0 N–H and O–H groups in total. The van der Waals surface area contributed by atoms with Crippen LogP contribution in [0.3, 0.4) is 0 Å². The molecule has 0 aromatic heterocycles. The molecule has 98 valence electrons. The van der Waals surface area contributed by atoms with Gasteiger partial charge in [-0.15, -0.1) is 0 Å². The molecule has 18 heavy (non-hydrogen) atoms. The Morgan fingerprint density at radius 3 is 2.56 bits per heavy atom. The monoisotopic (exact) mass is 290 g/mol. The Morgan fingerprint density at radius 1 is 1.39 bits per heavy atom. The van der Waals surface area contributed by atoms with Crippen LogP contribution in [0.2, 0.25) is 0 Å². The Kier molecular flexibility index (Phi) is 3.49. The Bertz CT molecular complexity index is 577. The number of hydrogen-bond acceptors (Lipinski definition) is 5. The lowest BCUT2D eigenvalue weighted by Crippen LogP contribution is -2.06. The van der Waals surface area contributed by atoms with Gasteiger partial charge in [0.1, 0.15) is 10.6 Å². The number of rotatable bonds is 4. The van der Waals surface area contributed by atoms with Gasteiger partial charge in [0, 0.05) is 10.7 Å². The normalized spacial score (nSPS) is 15.2. The zero-order valence-corrected chi connectivity index (χ0v) is 11.1. The molecule has 5 nitrogen and oxygen atoms in total. The van der Waals surface area contributed by atoms with Crippen LogP contribution in [0.5, 0.6) is 5.75 Å². The molecule has 0 radical (unpaired) electrons. The van der Waals surface area contributed by atoms with Gasteiger partial charge in [0.15, 0.2) is 0 Å². The maximum Gasteiger partial charge on any atom is 0.337 e. The second kappa shape index (κ2) is 4.78. The number of hydrogen-bond donors (Lipinski definition) is 0. The summed E-state index contributed by atoms with van der Waals surface area (Å²) in [4.78, 5) is 11.1. The maximum atomic E-state index is 11.5. The molecule has 0 heterocycles. The predicted molar refractivity (Wildman–Crippen MR) is 64.5 cm³/mol. The van der Waals surface area contributed by atoms with E-state index >= 15 is 0 Å². The molecule has 0 spiro atoms. The van der Waals surface area contributed by atoms with Gasteiger partial charge in [0.2, 0.25) is 0 Å². The van der Waals surface area contributed by atoms with Crippen LogP contribution in [0.25, 0.3) is 0 Å². The lowest BCUT2D eigenvalue weighted by atomic mass is 10.2. The Hall–Kier alpha value is -1.27. The first-order chi connectivity index (χ1) is 8.41. The average Bonchev–Trinajstić information content (AvgIpc) is 3.11. The van der Waals surface area contributed by atoms with E-state index in [1.807, 2.05) is 0 Å². The van der Waals surface area contributed by atoms with Crippen LogP contribution in [0.4, 0.5) is 0 Å². The maximum absolute atomic E-state index is 11.5. The number of benzene rings is 1. The second-order valence-corrected chi connectivity index (χ2v) is 6.44. The number of methoxy groups -OCH3 is 1. The third-order valence-corrected chi connectivity index (χ3v) is 3.79. The van der Waals surface area contributed by atoms with E-state index in [0.29, 0.717) is 0 Å². The summed E-state index contributed by atoms with van der Waals surface area (Å²) in [6.45, 7) is 0. The van der Waals surface area contributed by atoms with Crippen LogP contribution in [0.1, 0.15) is 23.2 Å². The molecule has 0 amide bonds. The molecular weight excluding hydrogens is 280 g/mol. The van der Waals surface area contributed by atoms with Crippen molar-refractivity contribution in [3.63, 3.8) is 0 Å². The summed E-state index contributed by atoms with van der Waals surface area (Å²) in [6, 6.07) is 4.01. The van der Waals surface area contributed by atoms with Crippen molar-refractivity contribution < 1.29 is 22.7 Å². The summed E-state index contributed by atoms with van der Waals surface area (Å²) in [5.74, 6) is -0.463. The first-order valence-electron chi connectivity index (χ1n) is 5.25. The van der Waals surface area contributed by atoms with Gasteiger partial charge < -0.3 is 9.47 Å². The minimum atomic E-state index is -3.98. The van der Waals surface area contributed by atoms with E-state index in [0.717, 1.165) is 18.9 Å². The topological polar surface area (TPSA) is 69.7 Å². The van der Waals surface area contributed by atoms with Crippen molar-refractivity contribution in [1.82, 2.24) is 0 Å². The Balaban J connectivity index is 2.44. The van der Waals surface area contributed by atoms with E-state index in [-0.39, 0.29) is 22.3 Å². The SMILES string of the molecule is COC(=O)c1ccc(OC2CC2)c(S(=O)(=O)Cl)c1. The van der Waals surface area contributed by atoms with Crippen molar-refractivity contribution in [2.45, 2.75) is 23.8 Å². The molecule has 0 unspecified atom stereocenters. The summed E-state index contributed by atoms with van der Waals surface area (Å²) >= 11 is 0. The first-order valence-corrected chi connectivity index (χ1v) is 7.56. The highest BCUT2D eigenvalue weighted by Crippen LogP contribution is 2.33. The summed E-state index contributed by atoms with van der Waals surface area (Å²) in [6.07, 6.45) is 1.81. The van der Waals surface area contributed by atoms with Gasteiger partial charge in [-0.2, -0.15) is 0 Å². The molecule has 0 saturated heterocycles. The van der Waals surface area contributed by atoms with Crippen LogP contribution in [0, 0.1) is 0 Å². The second-order valence-electron chi connectivity index (χ2n) is 3.91. The number of ether oxygens (including phenoxy) is 2. The fourth-order valence-electron chi connectivity index (χ4n) is 1.41. The molecule has 0 bridgehead atoms. The minimum absolute atomic E-state index is 0.0335. The summed E-state index contributed by atoms with van der Waals surface area (Å²) in [7, 11) is 2.57. The van der Waals surface area contributed by atoms with Crippen molar-refractivity contribution in [3.05, 3.63) is 23.8 Å². The first kappa shape index (κ1) is 13.2. The number of halogens is 1. The molecule has 1 saturated carbocycles. The largest absolute Gasteiger partial charge is 0.489 e. The quantitative estimate of drug-likeness (QED) is 0.626. The van der Waals surface area contributed by atoms with Crippen LogP contribution in [-0.2, 0) is 13.8 Å². The number of esters is 1. The molecule has 0 aliphatic heterocycles. The lowest BCUT2D eigenvalue weighted by molar-refractivity contribution is 0.0600. The van der Waals surface area contributed by atoms with Gasteiger partial charge >= 0.3 is 5.97 Å². The Labute approximate surface area is 109 Å². The van der Waals surface area contributed by atoms with E-state index < -0.39 is 15.0 Å². The smallest absolute Gasteiger partial charge is 0.337 e. The molecule has 7 heteroatoms. The van der Waals surface area contributed by atoms with Crippen molar-refractivity contribution in [3.8, 4) is 5.75 Å². The predicted octanol–water partition coefficient (Wildman–Crippen LogP) is 1.94. The fraction of sp³-hybridized carbons (Fsp3) is 0.364. The van der Waals surface area contributed by atoms with Crippen molar-refractivity contribution in [2.75, 3.05) is 7.11 Å². The zero-order valence-electron chi connectivity index (χ0n) is 9.55.